The summed E-state index contributed by atoms with van der Waals surface area (Å²) in [6, 6.07) is 0. The Labute approximate surface area is 206 Å². The minimum absolute atomic E-state index is 0.0445. The Kier molecular flexibility index (Phi) is 9.10. The summed E-state index contributed by atoms with van der Waals surface area (Å²) < 4.78 is 16.5. The smallest absolute Gasteiger partial charge is 0.316 e. The molecule has 0 radical (unpaired) electrons. The Morgan fingerprint density at radius 2 is 2.03 bits per heavy atom. The number of carbonyl (C=O) groups is 2. The van der Waals surface area contributed by atoms with Crippen molar-refractivity contribution < 1.29 is 39.1 Å². The van der Waals surface area contributed by atoms with Gasteiger partial charge in [0.15, 0.2) is 0 Å². The topological polar surface area (TPSA) is 123 Å². The van der Waals surface area contributed by atoms with E-state index in [-0.39, 0.29) is 32.0 Å². The van der Waals surface area contributed by atoms with Gasteiger partial charge in [0.05, 0.1) is 25.7 Å². The second kappa shape index (κ2) is 11.6. The van der Waals surface area contributed by atoms with Gasteiger partial charge in [0.1, 0.15) is 29.8 Å². The van der Waals surface area contributed by atoms with E-state index in [0.29, 0.717) is 17.6 Å². The highest BCUT2D eigenvalue weighted by atomic mass is 16.6. The molecule has 1 saturated heterocycles. The number of carbonyl (C=O) groups excluding carboxylic acids is 2. The van der Waals surface area contributed by atoms with Gasteiger partial charge >= 0.3 is 11.9 Å². The van der Waals surface area contributed by atoms with E-state index >= 15 is 0 Å². The molecule has 3 N–H and O–H groups in total. The predicted octanol–water partition coefficient (Wildman–Crippen LogP) is 2.53. The molecule has 194 valence electrons. The Morgan fingerprint density at radius 1 is 1.29 bits per heavy atom. The van der Waals surface area contributed by atoms with Gasteiger partial charge in [0.25, 0.3) is 0 Å². The number of hydrogen-bond donors (Lipinski definition) is 3. The van der Waals surface area contributed by atoms with Crippen LogP contribution < -0.4 is 0 Å². The summed E-state index contributed by atoms with van der Waals surface area (Å²) in [7, 11) is 0. The van der Waals surface area contributed by atoms with Crippen molar-refractivity contribution in [3.8, 4) is 0 Å². The first-order valence-electron chi connectivity index (χ1n) is 12.3. The van der Waals surface area contributed by atoms with Gasteiger partial charge in [-0.3, -0.25) is 9.59 Å². The molecule has 3 aliphatic rings. The van der Waals surface area contributed by atoms with Gasteiger partial charge in [-0.05, 0) is 50.7 Å². The number of aliphatic hydroxyl groups excluding tert-OH is 2. The van der Waals surface area contributed by atoms with Crippen LogP contribution in [0.1, 0.15) is 53.4 Å². The molecule has 0 aromatic rings. The molecule has 0 spiro atoms. The van der Waals surface area contributed by atoms with Gasteiger partial charge in [0, 0.05) is 6.42 Å². The molecule has 0 saturated carbocycles. The third kappa shape index (κ3) is 6.30. The van der Waals surface area contributed by atoms with Crippen LogP contribution in [0.5, 0.6) is 0 Å². The van der Waals surface area contributed by atoms with Crippen LogP contribution >= 0.6 is 0 Å². The van der Waals surface area contributed by atoms with Crippen molar-refractivity contribution in [2.45, 2.75) is 83.4 Å². The molecule has 1 fully saturated rings. The Bertz CT molecular complexity index is 916. The number of rotatable bonds is 3. The first-order valence-corrected chi connectivity index (χ1v) is 12.3. The van der Waals surface area contributed by atoms with Crippen LogP contribution in [0.15, 0.2) is 47.1 Å². The second-order valence-electron chi connectivity index (χ2n) is 9.89. The molecule has 7 atom stereocenters. The number of aliphatic hydroxyl groups is 3. The van der Waals surface area contributed by atoms with Gasteiger partial charge < -0.3 is 29.5 Å². The predicted molar refractivity (Wildman–Crippen MR) is 129 cm³/mol. The molecular weight excluding hydrogens is 452 g/mol. The highest BCUT2D eigenvalue weighted by Crippen LogP contribution is 2.45. The van der Waals surface area contributed by atoms with Crippen LogP contribution in [0.2, 0.25) is 0 Å². The van der Waals surface area contributed by atoms with Gasteiger partial charge in [-0.1, -0.05) is 42.9 Å². The van der Waals surface area contributed by atoms with Crippen LogP contribution in [0, 0.1) is 11.8 Å². The molecule has 0 amide bonds. The van der Waals surface area contributed by atoms with Crippen molar-refractivity contribution in [3.63, 3.8) is 0 Å². The molecule has 8 nitrogen and oxygen atoms in total. The van der Waals surface area contributed by atoms with E-state index in [2.05, 4.69) is 6.92 Å². The summed E-state index contributed by atoms with van der Waals surface area (Å²) in [6.45, 7) is 7.66. The Balaban J connectivity index is 2.01. The lowest BCUT2D eigenvalue weighted by Crippen LogP contribution is -2.57. The molecule has 8 heteroatoms. The minimum Gasteiger partial charge on any atom is -0.466 e. The average molecular weight is 491 g/mol. The van der Waals surface area contributed by atoms with E-state index in [1.807, 2.05) is 25.2 Å². The number of allylic oxidation sites excluding steroid dienone is 4. The standard InChI is InChI=1S/C27H38O8/c1-5-33-23(29)14-21-13-20(28)10-9-17(3)11-16(2)7-6-8-19-15-34-25-24(30)18(4)12-22(26(31)35-21)27(19,25)32/h6-9,12,16,20-22,24-25,28,30,32H,5,10-11,13-15H2,1-4H3/b7-6+,17-9+,19-8+/t16-,20+,21-,22-,24+,25+,27+/m0/s1. The van der Waals surface area contributed by atoms with E-state index < -0.39 is 47.9 Å². The molecule has 35 heavy (non-hydrogen) atoms. The number of ether oxygens (including phenoxy) is 3. The van der Waals surface area contributed by atoms with Crippen LogP contribution in [0.3, 0.4) is 0 Å². The Morgan fingerprint density at radius 3 is 2.74 bits per heavy atom. The fourth-order valence-corrected chi connectivity index (χ4v) is 5.04. The van der Waals surface area contributed by atoms with Crippen LogP contribution in [-0.2, 0) is 23.8 Å². The van der Waals surface area contributed by atoms with Gasteiger partial charge in [-0.25, -0.2) is 0 Å². The summed E-state index contributed by atoms with van der Waals surface area (Å²) in [4.78, 5) is 25.6. The third-order valence-electron chi connectivity index (χ3n) is 6.91. The van der Waals surface area contributed by atoms with Crippen molar-refractivity contribution in [1.29, 1.82) is 0 Å². The third-order valence-corrected chi connectivity index (χ3v) is 6.91. The van der Waals surface area contributed by atoms with Crippen molar-refractivity contribution in [3.05, 3.63) is 47.1 Å². The SMILES string of the molecule is CCOC(=O)C[C@@H]1C[C@H](O)C/C=C(\C)C[C@@H](C)/C=C/C=C2\CO[C@@H]3[C@H](O)C(C)=C[C@@H](C(=O)O1)[C@]23O. The van der Waals surface area contributed by atoms with Crippen molar-refractivity contribution >= 4 is 11.9 Å². The maximum Gasteiger partial charge on any atom is 0.316 e. The van der Waals surface area contributed by atoms with Gasteiger partial charge in [0.2, 0.25) is 0 Å². The van der Waals surface area contributed by atoms with E-state index in [9.17, 15) is 24.9 Å². The molecule has 0 unspecified atom stereocenters. The maximum absolute atomic E-state index is 13.4. The minimum atomic E-state index is -1.80. The summed E-state index contributed by atoms with van der Waals surface area (Å²) in [5.41, 5.74) is 0.267. The zero-order chi connectivity index (χ0) is 25.8. The largest absolute Gasteiger partial charge is 0.466 e. The second-order valence-corrected chi connectivity index (χ2v) is 9.89. The lowest BCUT2D eigenvalue weighted by molar-refractivity contribution is -0.171. The van der Waals surface area contributed by atoms with E-state index in [0.717, 1.165) is 12.0 Å². The lowest BCUT2D eigenvalue weighted by Gasteiger charge is -2.41. The van der Waals surface area contributed by atoms with Crippen molar-refractivity contribution in [2.24, 2.45) is 11.8 Å². The van der Waals surface area contributed by atoms with Gasteiger partial charge in [-0.2, -0.15) is 0 Å². The zero-order valence-corrected chi connectivity index (χ0v) is 21.0. The number of esters is 2. The van der Waals surface area contributed by atoms with Crippen molar-refractivity contribution in [2.75, 3.05) is 13.2 Å². The first-order chi connectivity index (χ1) is 16.6. The monoisotopic (exact) mass is 490 g/mol. The summed E-state index contributed by atoms with van der Waals surface area (Å²) in [6.07, 6.45) is 6.16. The molecule has 1 aliphatic carbocycles. The molecule has 0 aromatic carbocycles. The summed E-state index contributed by atoms with van der Waals surface area (Å²) in [5, 5.41) is 33.1. The molecule has 3 rings (SSSR count). The van der Waals surface area contributed by atoms with Crippen LogP contribution in [-0.4, -0.2) is 70.5 Å². The average Bonchev–Trinajstić information content (AvgIpc) is 3.11. The maximum atomic E-state index is 13.4. The molecule has 0 bridgehead atoms. The number of cyclic esters (lactones) is 1. The van der Waals surface area contributed by atoms with E-state index in [4.69, 9.17) is 14.2 Å². The summed E-state index contributed by atoms with van der Waals surface area (Å²) in [5.74, 6) is -2.23. The molecule has 2 aliphatic heterocycles. The highest BCUT2D eigenvalue weighted by Gasteiger charge is 2.59. The molecular formula is C27H38O8. The van der Waals surface area contributed by atoms with E-state index in [1.165, 1.54) is 6.08 Å². The highest BCUT2D eigenvalue weighted by molar-refractivity contribution is 5.79. The van der Waals surface area contributed by atoms with Crippen LogP contribution in [0.4, 0.5) is 0 Å². The normalized spacial score (nSPS) is 40.3. The zero-order valence-electron chi connectivity index (χ0n) is 21.0. The van der Waals surface area contributed by atoms with Gasteiger partial charge in [-0.15, -0.1) is 0 Å². The lowest BCUT2D eigenvalue weighted by atomic mass is 9.71. The fourth-order valence-electron chi connectivity index (χ4n) is 5.04. The number of hydrogen-bond acceptors (Lipinski definition) is 8. The quantitative estimate of drug-likeness (QED) is 0.408. The Hall–Kier alpha value is -2.26. The van der Waals surface area contributed by atoms with E-state index in [1.54, 1.807) is 19.9 Å². The van der Waals surface area contributed by atoms with Crippen LogP contribution in [0.25, 0.3) is 0 Å². The summed E-state index contributed by atoms with van der Waals surface area (Å²) >= 11 is 0. The van der Waals surface area contributed by atoms with Crippen molar-refractivity contribution in [1.82, 2.24) is 0 Å². The first kappa shape index (κ1) is 27.3. The molecule has 0 aromatic heterocycles. The molecule has 2 heterocycles. The fraction of sp³-hybridized carbons (Fsp3) is 0.630.